The van der Waals surface area contributed by atoms with E-state index < -0.39 is 10.0 Å². The highest BCUT2D eigenvalue weighted by molar-refractivity contribution is 7.89. The van der Waals surface area contributed by atoms with Crippen LogP contribution in [0.1, 0.15) is 32.4 Å². The van der Waals surface area contributed by atoms with E-state index in [1.165, 1.54) is 10.4 Å². The summed E-state index contributed by atoms with van der Waals surface area (Å²) < 4.78 is 31.6. The Bertz CT molecular complexity index is 521. The van der Waals surface area contributed by atoms with Crippen LogP contribution in [0, 0.1) is 5.41 Å². The van der Waals surface area contributed by atoms with Crippen LogP contribution >= 0.6 is 11.6 Å². The minimum atomic E-state index is -3.51. The molecule has 1 aliphatic heterocycles. The smallest absolute Gasteiger partial charge is 0.276 e. The predicted octanol–water partition coefficient (Wildman–Crippen LogP) is 2.83. The minimum absolute atomic E-state index is 0.00384. The van der Waals surface area contributed by atoms with Gasteiger partial charge < -0.3 is 4.42 Å². The van der Waals surface area contributed by atoms with E-state index in [9.17, 15) is 8.42 Å². The van der Waals surface area contributed by atoms with Crippen LogP contribution in [0.2, 0.25) is 0 Å². The summed E-state index contributed by atoms with van der Waals surface area (Å²) in [5.41, 5.74) is 0.0211. The van der Waals surface area contributed by atoms with Gasteiger partial charge in [-0.25, -0.2) is 8.42 Å². The van der Waals surface area contributed by atoms with Crippen molar-refractivity contribution in [1.82, 2.24) is 4.31 Å². The number of furan rings is 1. The summed E-state index contributed by atoms with van der Waals surface area (Å²) in [6.45, 7) is 5.26. The normalized spacial score (nSPS) is 21.1. The molecule has 1 saturated heterocycles. The lowest BCUT2D eigenvalue weighted by Gasteiger charge is -2.36. The van der Waals surface area contributed by atoms with Crippen molar-refractivity contribution >= 4 is 21.6 Å². The van der Waals surface area contributed by atoms with Gasteiger partial charge in [0.2, 0.25) is 5.09 Å². The number of halogens is 1. The molecular formula is C12H18ClNO3S. The molecule has 0 N–H and O–H groups in total. The van der Waals surface area contributed by atoms with Gasteiger partial charge in [0.15, 0.2) is 0 Å². The molecule has 1 aromatic rings. The first kappa shape index (κ1) is 13.9. The van der Waals surface area contributed by atoms with Crippen LogP contribution in [0.25, 0.3) is 0 Å². The fraction of sp³-hybridized carbons (Fsp3) is 0.667. The fourth-order valence-electron chi connectivity index (χ4n) is 2.27. The number of sulfonamides is 1. The molecule has 1 fully saturated rings. The van der Waals surface area contributed by atoms with E-state index in [1.54, 1.807) is 6.07 Å². The van der Waals surface area contributed by atoms with Gasteiger partial charge in [0.1, 0.15) is 5.76 Å². The summed E-state index contributed by atoms with van der Waals surface area (Å²) in [7, 11) is -3.51. The largest absolute Gasteiger partial charge is 0.447 e. The van der Waals surface area contributed by atoms with Gasteiger partial charge in [0.25, 0.3) is 10.0 Å². The van der Waals surface area contributed by atoms with Crippen molar-refractivity contribution in [3.8, 4) is 0 Å². The van der Waals surface area contributed by atoms with E-state index in [-0.39, 0.29) is 16.4 Å². The molecule has 2 heterocycles. The summed E-state index contributed by atoms with van der Waals surface area (Å²) in [4.78, 5) is 0. The Labute approximate surface area is 113 Å². The topological polar surface area (TPSA) is 50.5 Å². The summed E-state index contributed by atoms with van der Waals surface area (Å²) in [5, 5.41) is -0.00384. The molecule has 4 nitrogen and oxygen atoms in total. The van der Waals surface area contributed by atoms with Gasteiger partial charge in [-0.3, -0.25) is 0 Å². The molecule has 0 saturated carbocycles. The molecule has 0 bridgehead atoms. The Morgan fingerprint density at radius 3 is 2.72 bits per heavy atom. The van der Waals surface area contributed by atoms with Gasteiger partial charge in [-0.2, -0.15) is 4.31 Å². The van der Waals surface area contributed by atoms with Crippen molar-refractivity contribution in [1.29, 1.82) is 0 Å². The van der Waals surface area contributed by atoms with Gasteiger partial charge >= 0.3 is 0 Å². The van der Waals surface area contributed by atoms with Crippen molar-refractivity contribution in [3.05, 3.63) is 17.9 Å². The molecule has 2 rings (SSSR count). The number of hydrogen-bond acceptors (Lipinski definition) is 3. The maximum atomic E-state index is 12.4. The van der Waals surface area contributed by atoms with Crippen LogP contribution < -0.4 is 0 Å². The maximum absolute atomic E-state index is 12.4. The zero-order valence-corrected chi connectivity index (χ0v) is 12.2. The molecule has 0 aromatic carbocycles. The molecule has 1 aliphatic rings. The molecule has 102 valence electrons. The first-order valence-electron chi connectivity index (χ1n) is 6.00. The Balaban J connectivity index is 2.25. The van der Waals surface area contributed by atoms with Crippen molar-refractivity contribution in [2.24, 2.45) is 5.41 Å². The van der Waals surface area contributed by atoms with E-state index in [0.717, 1.165) is 12.8 Å². The number of nitrogens with zero attached hydrogens (tertiary/aromatic N) is 1. The number of piperidine rings is 1. The molecule has 0 aliphatic carbocycles. The van der Waals surface area contributed by atoms with Crippen LogP contribution in [0.15, 0.2) is 21.6 Å². The lowest BCUT2D eigenvalue weighted by molar-refractivity contribution is 0.184. The molecule has 0 amide bonds. The predicted molar refractivity (Wildman–Crippen MR) is 70.0 cm³/mol. The second kappa shape index (κ2) is 4.87. The lowest BCUT2D eigenvalue weighted by Crippen LogP contribution is -2.43. The first-order chi connectivity index (χ1) is 8.35. The van der Waals surface area contributed by atoms with Gasteiger partial charge in [0.05, 0.1) is 5.88 Å². The van der Waals surface area contributed by atoms with Crippen LogP contribution in [0.4, 0.5) is 0 Å². The van der Waals surface area contributed by atoms with E-state index >= 15 is 0 Å². The molecule has 18 heavy (non-hydrogen) atoms. The van der Waals surface area contributed by atoms with Crippen molar-refractivity contribution in [2.75, 3.05) is 13.1 Å². The van der Waals surface area contributed by atoms with Gasteiger partial charge in [-0.05, 0) is 30.4 Å². The highest BCUT2D eigenvalue weighted by atomic mass is 35.5. The second-order valence-electron chi connectivity index (χ2n) is 5.46. The van der Waals surface area contributed by atoms with E-state index in [4.69, 9.17) is 16.0 Å². The SMILES string of the molecule is CC1(C)CCCN(S(=O)(=O)c2ccc(CCl)o2)C1. The molecule has 6 heteroatoms. The fourth-order valence-corrected chi connectivity index (χ4v) is 4.01. The molecule has 0 atom stereocenters. The summed E-state index contributed by atoms with van der Waals surface area (Å²) in [6, 6.07) is 3.09. The third kappa shape index (κ3) is 2.73. The Hall–Kier alpha value is -0.520. The second-order valence-corrected chi connectivity index (χ2v) is 7.60. The van der Waals surface area contributed by atoms with Gasteiger partial charge in [-0.15, -0.1) is 11.6 Å². The molecule has 0 spiro atoms. The number of hydrogen-bond donors (Lipinski definition) is 0. The highest BCUT2D eigenvalue weighted by Gasteiger charge is 2.35. The van der Waals surface area contributed by atoms with Crippen molar-refractivity contribution in [2.45, 2.75) is 37.7 Å². The third-order valence-electron chi connectivity index (χ3n) is 3.23. The molecular weight excluding hydrogens is 274 g/mol. The van der Waals surface area contributed by atoms with E-state index in [2.05, 4.69) is 13.8 Å². The quantitative estimate of drug-likeness (QED) is 0.805. The molecule has 0 unspecified atom stereocenters. The third-order valence-corrected chi connectivity index (χ3v) is 5.21. The van der Waals surface area contributed by atoms with Gasteiger partial charge in [0, 0.05) is 13.1 Å². The van der Waals surface area contributed by atoms with E-state index in [1.807, 2.05) is 0 Å². The Morgan fingerprint density at radius 1 is 1.44 bits per heavy atom. The van der Waals surface area contributed by atoms with Crippen molar-refractivity contribution in [3.63, 3.8) is 0 Å². The minimum Gasteiger partial charge on any atom is -0.447 e. The Kier molecular flexibility index (Phi) is 3.76. The number of rotatable bonds is 3. The van der Waals surface area contributed by atoms with Crippen LogP contribution in [0.5, 0.6) is 0 Å². The summed E-state index contributed by atoms with van der Waals surface area (Å²) in [5.74, 6) is 0.660. The van der Waals surface area contributed by atoms with Gasteiger partial charge in [-0.1, -0.05) is 13.8 Å². The monoisotopic (exact) mass is 291 g/mol. The lowest BCUT2D eigenvalue weighted by atomic mass is 9.85. The molecule has 0 radical (unpaired) electrons. The zero-order valence-electron chi connectivity index (χ0n) is 10.6. The standard InChI is InChI=1S/C12H18ClNO3S/c1-12(2)6-3-7-14(9-12)18(15,16)11-5-4-10(8-13)17-11/h4-5H,3,6-9H2,1-2H3. The van der Waals surface area contributed by atoms with Crippen molar-refractivity contribution < 1.29 is 12.8 Å². The average molecular weight is 292 g/mol. The average Bonchev–Trinajstić information content (AvgIpc) is 2.76. The zero-order chi connectivity index (χ0) is 13.4. The first-order valence-corrected chi connectivity index (χ1v) is 7.97. The summed E-state index contributed by atoms with van der Waals surface area (Å²) in [6.07, 6.45) is 1.93. The summed E-state index contributed by atoms with van der Waals surface area (Å²) >= 11 is 5.62. The highest BCUT2D eigenvalue weighted by Crippen LogP contribution is 2.32. The maximum Gasteiger partial charge on any atom is 0.276 e. The van der Waals surface area contributed by atoms with Crippen LogP contribution in [0.3, 0.4) is 0 Å². The van der Waals surface area contributed by atoms with E-state index in [0.29, 0.717) is 18.8 Å². The Morgan fingerprint density at radius 2 is 2.17 bits per heavy atom. The van der Waals surface area contributed by atoms with Crippen LogP contribution in [-0.4, -0.2) is 25.8 Å². The van der Waals surface area contributed by atoms with Crippen LogP contribution in [-0.2, 0) is 15.9 Å². The number of alkyl halides is 1. The molecule has 1 aromatic heterocycles.